The smallest absolute Gasteiger partial charge is 0.307 e. The minimum absolute atomic E-state index is 0.0357. The van der Waals surface area contributed by atoms with Gasteiger partial charge in [0.1, 0.15) is 11.6 Å². The monoisotopic (exact) mass is 345 g/mol. The van der Waals surface area contributed by atoms with E-state index in [2.05, 4.69) is 10.1 Å². The average molecular weight is 345 g/mol. The molecule has 132 valence electrons. The molecule has 0 saturated heterocycles. The van der Waals surface area contributed by atoms with Crippen LogP contribution < -0.4 is 10.1 Å². The number of amides is 1. The lowest BCUT2D eigenvalue weighted by Gasteiger charge is -2.18. The zero-order valence-corrected chi connectivity index (χ0v) is 14.1. The summed E-state index contributed by atoms with van der Waals surface area (Å²) in [4.78, 5) is 24.0. The van der Waals surface area contributed by atoms with E-state index in [9.17, 15) is 14.0 Å². The quantitative estimate of drug-likeness (QED) is 0.784. The average Bonchev–Trinajstić information content (AvgIpc) is 2.61. The molecule has 1 atom stereocenters. The Hall–Kier alpha value is -2.89. The normalized spacial score (nSPS) is 11.5. The van der Waals surface area contributed by atoms with Gasteiger partial charge in [-0.15, -0.1) is 0 Å². The summed E-state index contributed by atoms with van der Waals surface area (Å²) >= 11 is 0. The molecule has 0 aliphatic heterocycles. The molecule has 0 saturated carbocycles. The third kappa shape index (κ3) is 5.60. The molecule has 6 heteroatoms. The van der Waals surface area contributed by atoms with Crippen molar-refractivity contribution in [2.45, 2.75) is 18.9 Å². The summed E-state index contributed by atoms with van der Waals surface area (Å²) in [5.74, 6) is -0.444. The Labute approximate surface area is 145 Å². The number of halogens is 1. The van der Waals surface area contributed by atoms with Gasteiger partial charge >= 0.3 is 5.97 Å². The lowest BCUT2D eigenvalue weighted by Crippen LogP contribution is -2.31. The lowest BCUT2D eigenvalue weighted by molar-refractivity contribution is -0.141. The molecule has 25 heavy (non-hydrogen) atoms. The van der Waals surface area contributed by atoms with Crippen molar-refractivity contribution in [3.63, 3.8) is 0 Å². The second-order valence-corrected chi connectivity index (χ2v) is 5.48. The van der Waals surface area contributed by atoms with E-state index >= 15 is 0 Å². The van der Waals surface area contributed by atoms with Gasteiger partial charge in [-0.1, -0.05) is 24.3 Å². The number of hydrogen-bond donors (Lipinski definition) is 1. The second-order valence-electron chi connectivity index (χ2n) is 5.48. The van der Waals surface area contributed by atoms with Crippen LogP contribution in [0.5, 0.6) is 5.75 Å². The molecule has 1 unspecified atom stereocenters. The van der Waals surface area contributed by atoms with Crippen LogP contribution in [-0.2, 0) is 20.7 Å². The molecule has 0 aromatic heterocycles. The van der Waals surface area contributed by atoms with E-state index in [0.29, 0.717) is 11.3 Å². The maximum absolute atomic E-state index is 13.1. The fraction of sp³-hybridized carbons (Fsp3) is 0.263. The van der Waals surface area contributed by atoms with Crippen LogP contribution in [0, 0.1) is 5.82 Å². The van der Waals surface area contributed by atoms with Crippen molar-refractivity contribution >= 4 is 11.9 Å². The Morgan fingerprint density at radius 2 is 1.84 bits per heavy atom. The molecule has 0 heterocycles. The van der Waals surface area contributed by atoms with Gasteiger partial charge in [0.2, 0.25) is 5.91 Å². The SMILES string of the molecule is COC(=O)CC(NC(=O)Cc1cccc(OC)c1)c1ccc(F)cc1. The maximum Gasteiger partial charge on any atom is 0.307 e. The minimum Gasteiger partial charge on any atom is -0.497 e. The van der Waals surface area contributed by atoms with Crippen LogP contribution in [0.1, 0.15) is 23.6 Å². The Balaban J connectivity index is 2.10. The topological polar surface area (TPSA) is 64.6 Å². The van der Waals surface area contributed by atoms with Gasteiger partial charge in [0.05, 0.1) is 33.1 Å². The highest BCUT2D eigenvalue weighted by Crippen LogP contribution is 2.19. The van der Waals surface area contributed by atoms with Gasteiger partial charge in [-0.3, -0.25) is 9.59 Å². The van der Waals surface area contributed by atoms with E-state index in [1.54, 1.807) is 25.3 Å². The molecule has 1 amide bonds. The van der Waals surface area contributed by atoms with E-state index in [4.69, 9.17) is 4.74 Å². The predicted octanol–water partition coefficient (Wildman–Crippen LogP) is 2.80. The third-order valence-electron chi connectivity index (χ3n) is 3.70. The van der Waals surface area contributed by atoms with Gasteiger partial charge in [0.15, 0.2) is 0 Å². The van der Waals surface area contributed by atoms with Crippen molar-refractivity contribution in [2.24, 2.45) is 0 Å². The van der Waals surface area contributed by atoms with E-state index in [-0.39, 0.29) is 24.6 Å². The summed E-state index contributed by atoms with van der Waals surface area (Å²) in [6, 6.07) is 12.2. The van der Waals surface area contributed by atoms with Gasteiger partial charge < -0.3 is 14.8 Å². The van der Waals surface area contributed by atoms with Gasteiger partial charge in [0.25, 0.3) is 0 Å². The number of ether oxygens (including phenoxy) is 2. The third-order valence-corrected chi connectivity index (χ3v) is 3.70. The lowest BCUT2D eigenvalue weighted by atomic mass is 10.0. The van der Waals surface area contributed by atoms with Crippen molar-refractivity contribution in [1.82, 2.24) is 5.32 Å². The Kier molecular flexibility index (Phi) is 6.51. The molecular weight excluding hydrogens is 325 g/mol. The number of rotatable bonds is 7. The fourth-order valence-corrected chi connectivity index (χ4v) is 2.41. The molecule has 2 rings (SSSR count). The first-order valence-corrected chi connectivity index (χ1v) is 7.76. The van der Waals surface area contributed by atoms with Crippen LogP contribution >= 0.6 is 0 Å². The van der Waals surface area contributed by atoms with E-state index in [0.717, 1.165) is 5.56 Å². The van der Waals surface area contributed by atoms with Crippen LogP contribution in [-0.4, -0.2) is 26.1 Å². The van der Waals surface area contributed by atoms with E-state index < -0.39 is 12.0 Å². The summed E-state index contributed by atoms with van der Waals surface area (Å²) in [5.41, 5.74) is 1.42. The van der Waals surface area contributed by atoms with Crippen molar-refractivity contribution in [2.75, 3.05) is 14.2 Å². The number of benzene rings is 2. The first kappa shape index (κ1) is 18.4. The summed E-state index contributed by atoms with van der Waals surface area (Å²) in [5, 5.41) is 2.80. The zero-order chi connectivity index (χ0) is 18.2. The molecule has 2 aromatic rings. The molecule has 0 radical (unpaired) electrons. The number of hydrogen-bond acceptors (Lipinski definition) is 4. The molecule has 5 nitrogen and oxygen atoms in total. The largest absolute Gasteiger partial charge is 0.497 e. The van der Waals surface area contributed by atoms with Gasteiger partial charge in [0, 0.05) is 0 Å². The van der Waals surface area contributed by atoms with Crippen LogP contribution in [0.15, 0.2) is 48.5 Å². The second kappa shape index (κ2) is 8.82. The number of carbonyl (C=O) groups is 2. The van der Waals surface area contributed by atoms with Gasteiger partial charge in [-0.05, 0) is 35.4 Å². The molecular formula is C19H20FNO4. The maximum atomic E-state index is 13.1. The Morgan fingerprint density at radius 3 is 2.48 bits per heavy atom. The summed E-state index contributed by atoms with van der Waals surface area (Å²) in [7, 11) is 2.84. The van der Waals surface area contributed by atoms with Crippen LogP contribution in [0.25, 0.3) is 0 Å². The van der Waals surface area contributed by atoms with E-state index in [1.807, 2.05) is 6.07 Å². The van der Waals surface area contributed by atoms with Gasteiger partial charge in [-0.25, -0.2) is 4.39 Å². The highest BCUT2D eigenvalue weighted by molar-refractivity contribution is 5.80. The minimum atomic E-state index is -0.592. The van der Waals surface area contributed by atoms with Crippen molar-refractivity contribution in [1.29, 1.82) is 0 Å². The predicted molar refractivity (Wildman–Crippen MR) is 90.6 cm³/mol. The molecule has 0 aliphatic carbocycles. The number of nitrogens with one attached hydrogen (secondary N) is 1. The number of carbonyl (C=O) groups excluding carboxylic acids is 2. The molecule has 0 fully saturated rings. The zero-order valence-electron chi connectivity index (χ0n) is 14.1. The Morgan fingerprint density at radius 1 is 1.12 bits per heavy atom. The molecule has 0 aliphatic rings. The van der Waals surface area contributed by atoms with Crippen LogP contribution in [0.4, 0.5) is 4.39 Å². The first-order valence-electron chi connectivity index (χ1n) is 7.76. The Bertz CT molecular complexity index is 730. The molecule has 0 bridgehead atoms. The van der Waals surface area contributed by atoms with Crippen LogP contribution in [0.3, 0.4) is 0 Å². The summed E-state index contributed by atoms with van der Waals surface area (Å²) in [6.07, 6.45) is 0.0993. The highest BCUT2D eigenvalue weighted by atomic mass is 19.1. The van der Waals surface area contributed by atoms with Gasteiger partial charge in [-0.2, -0.15) is 0 Å². The number of esters is 1. The summed E-state index contributed by atoms with van der Waals surface area (Å²) < 4.78 is 22.9. The highest BCUT2D eigenvalue weighted by Gasteiger charge is 2.19. The summed E-state index contributed by atoms with van der Waals surface area (Å²) in [6.45, 7) is 0. The van der Waals surface area contributed by atoms with Crippen molar-refractivity contribution in [3.8, 4) is 5.75 Å². The molecule has 2 aromatic carbocycles. The fourth-order valence-electron chi connectivity index (χ4n) is 2.41. The van der Waals surface area contributed by atoms with Crippen molar-refractivity contribution in [3.05, 3.63) is 65.5 Å². The van der Waals surface area contributed by atoms with Crippen LogP contribution in [0.2, 0.25) is 0 Å². The van der Waals surface area contributed by atoms with Crippen molar-refractivity contribution < 1.29 is 23.5 Å². The molecule has 1 N–H and O–H groups in total. The first-order chi connectivity index (χ1) is 12.0. The number of methoxy groups -OCH3 is 2. The van der Waals surface area contributed by atoms with E-state index in [1.165, 1.54) is 31.4 Å². The molecule has 0 spiro atoms. The standard InChI is InChI=1S/C19H20FNO4/c1-24-16-5-3-4-13(10-16)11-18(22)21-17(12-19(23)25-2)14-6-8-15(20)9-7-14/h3-10,17H,11-12H2,1-2H3,(H,21,22).